The number of hydrogen-bond acceptors (Lipinski definition) is 4. The summed E-state index contributed by atoms with van der Waals surface area (Å²) in [6, 6.07) is 3.07. The van der Waals surface area contributed by atoms with Gasteiger partial charge < -0.3 is 14.0 Å². The molecule has 0 radical (unpaired) electrons. The van der Waals surface area contributed by atoms with Gasteiger partial charge in [0, 0.05) is 18.3 Å². The van der Waals surface area contributed by atoms with E-state index in [9.17, 15) is 9.59 Å². The fourth-order valence-electron chi connectivity index (χ4n) is 2.77. The summed E-state index contributed by atoms with van der Waals surface area (Å²) >= 11 is 0. The maximum Gasteiger partial charge on any atom is 0.328 e. The van der Waals surface area contributed by atoms with Crippen LogP contribution in [-0.2, 0) is 9.53 Å². The van der Waals surface area contributed by atoms with Gasteiger partial charge in [-0.15, -0.1) is 0 Å². The van der Waals surface area contributed by atoms with Crippen molar-refractivity contribution < 1.29 is 14.3 Å². The van der Waals surface area contributed by atoms with Crippen molar-refractivity contribution >= 4 is 17.4 Å². The fourth-order valence-corrected chi connectivity index (χ4v) is 2.77. The molecule has 21 heavy (non-hydrogen) atoms. The van der Waals surface area contributed by atoms with Crippen LogP contribution in [0.5, 0.6) is 0 Å². The van der Waals surface area contributed by atoms with Crippen molar-refractivity contribution in [1.29, 1.82) is 0 Å². The number of nitrogens with zero attached hydrogens (tertiary/aromatic N) is 3. The fraction of sp³-hybridized carbons (Fsp3) is 0.400. The molecule has 0 spiro atoms. The number of methoxy groups -OCH3 is 1. The Hall–Kier alpha value is -2.37. The minimum atomic E-state index is -0.475. The van der Waals surface area contributed by atoms with Crippen LogP contribution in [0.25, 0.3) is 5.52 Å². The van der Waals surface area contributed by atoms with Crippen molar-refractivity contribution in [1.82, 2.24) is 14.3 Å². The van der Waals surface area contributed by atoms with E-state index in [-0.39, 0.29) is 11.9 Å². The van der Waals surface area contributed by atoms with E-state index in [0.717, 1.165) is 18.4 Å². The third-order valence-corrected chi connectivity index (χ3v) is 3.90. The van der Waals surface area contributed by atoms with Gasteiger partial charge in [0.15, 0.2) is 0 Å². The van der Waals surface area contributed by atoms with E-state index in [4.69, 9.17) is 4.74 Å². The first-order valence-corrected chi connectivity index (χ1v) is 7.01. The number of amides is 1. The molecular weight excluding hydrogens is 270 g/mol. The van der Waals surface area contributed by atoms with Crippen LogP contribution in [0.3, 0.4) is 0 Å². The second-order valence-corrected chi connectivity index (χ2v) is 5.17. The first-order chi connectivity index (χ1) is 10.2. The lowest BCUT2D eigenvalue weighted by Gasteiger charge is -2.33. The Morgan fingerprint density at radius 3 is 3.05 bits per heavy atom. The number of hydrogen-bond donors (Lipinski definition) is 0. The van der Waals surface area contributed by atoms with Gasteiger partial charge in [0.2, 0.25) is 0 Å². The number of carbonyl (C=O) groups is 2. The summed E-state index contributed by atoms with van der Waals surface area (Å²) < 4.78 is 6.65. The highest BCUT2D eigenvalue weighted by Crippen LogP contribution is 2.21. The number of aromatic nitrogens is 2. The van der Waals surface area contributed by atoms with E-state index in [1.165, 1.54) is 7.11 Å². The summed E-state index contributed by atoms with van der Waals surface area (Å²) in [5.74, 6) is -0.470. The summed E-state index contributed by atoms with van der Waals surface area (Å²) in [5, 5.41) is 0. The van der Waals surface area contributed by atoms with E-state index in [0.29, 0.717) is 18.5 Å². The highest BCUT2D eigenvalue weighted by atomic mass is 16.5. The monoisotopic (exact) mass is 287 g/mol. The Morgan fingerprint density at radius 2 is 2.24 bits per heavy atom. The van der Waals surface area contributed by atoms with Crippen molar-refractivity contribution in [3.05, 3.63) is 36.4 Å². The van der Waals surface area contributed by atoms with Crippen molar-refractivity contribution in [2.24, 2.45) is 0 Å². The van der Waals surface area contributed by atoms with Gasteiger partial charge in [-0.3, -0.25) is 4.79 Å². The molecule has 1 aliphatic rings. The van der Waals surface area contributed by atoms with E-state index in [1.54, 1.807) is 35.8 Å². The average molecular weight is 287 g/mol. The van der Waals surface area contributed by atoms with Crippen molar-refractivity contribution in [2.45, 2.75) is 25.3 Å². The van der Waals surface area contributed by atoms with Crippen molar-refractivity contribution in [2.75, 3.05) is 13.7 Å². The largest absolute Gasteiger partial charge is 0.467 e. The van der Waals surface area contributed by atoms with Crippen LogP contribution in [0.4, 0.5) is 0 Å². The second kappa shape index (κ2) is 5.55. The van der Waals surface area contributed by atoms with Crippen LogP contribution in [0.2, 0.25) is 0 Å². The predicted molar refractivity (Wildman–Crippen MR) is 75.9 cm³/mol. The Labute approximate surface area is 122 Å². The van der Waals surface area contributed by atoms with Crippen LogP contribution in [0.1, 0.15) is 29.6 Å². The quantitative estimate of drug-likeness (QED) is 0.785. The summed E-state index contributed by atoms with van der Waals surface area (Å²) in [5.41, 5.74) is 1.42. The molecule has 0 bridgehead atoms. The highest BCUT2D eigenvalue weighted by Gasteiger charge is 2.33. The normalized spacial score (nSPS) is 18.7. The van der Waals surface area contributed by atoms with Gasteiger partial charge >= 0.3 is 5.97 Å². The number of imidazole rings is 1. The standard InChI is InChI=1S/C15H17N3O3/c1-21-15(20)13-4-2-3-6-18(13)14(19)11-5-7-17-10-16-9-12(17)8-11/h5,7-10,13H,2-4,6H2,1H3. The third-order valence-electron chi connectivity index (χ3n) is 3.90. The molecule has 1 aliphatic heterocycles. The van der Waals surface area contributed by atoms with Crippen LogP contribution >= 0.6 is 0 Å². The minimum absolute atomic E-state index is 0.131. The Kier molecular flexibility index (Phi) is 3.60. The number of rotatable bonds is 2. The second-order valence-electron chi connectivity index (χ2n) is 5.17. The minimum Gasteiger partial charge on any atom is -0.467 e. The van der Waals surface area contributed by atoms with Gasteiger partial charge in [-0.1, -0.05) is 0 Å². The molecule has 1 saturated heterocycles. The smallest absolute Gasteiger partial charge is 0.328 e. The van der Waals surface area contributed by atoms with Crippen molar-refractivity contribution in [3.63, 3.8) is 0 Å². The maximum absolute atomic E-state index is 12.7. The van der Waals surface area contributed by atoms with Crippen LogP contribution in [0, 0.1) is 0 Å². The molecule has 1 fully saturated rings. The predicted octanol–water partition coefficient (Wildman–Crippen LogP) is 1.50. The van der Waals surface area contributed by atoms with Crippen LogP contribution in [0.15, 0.2) is 30.9 Å². The molecule has 3 rings (SSSR count). The Balaban J connectivity index is 1.89. The molecule has 110 valence electrons. The zero-order valence-corrected chi connectivity index (χ0v) is 11.9. The van der Waals surface area contributed by atoms with Gasteiger partial charge in [-0.05, 0) is 31.4 Å². The zero-order chi connectivity index (χ0) is 14.8. The number of esters is 1. The lowest BCUT2D eigenvalue weighted by Crippen LogP contribution is -2.48. The Bertz CT molecular complexity index is 680. The summed E-state index contributed by atoms with van der Waals surface area (Å²) in [7, 11) is 1.36. The van der Waals surface area contributed by atoms with Crippen molar-refractivity contribution in [3.8, 4) is 0 Å². The number of fused-ring (bicyclic) bond motifs is 1. The molecule has 0 aliphatic carbocycles. The van der Waals surface area contributed by atoms with E-state index >= 15 is 0 Å². The third kappa shape index (κ3) is 2.49. The molecule has 6 nitrogen and oxygen atoms in total. The molecule has 3 heterocycles. The van der Waals surface area contributed by atoms with Gasteiger partial charge in [0.1, 0.15) is 6.04 Å². The van der Waals surface area contributed by atoms with Gasteiger partial charge in [0.05, 0.1) is 25.2 Å². The number of pyridine rings is 1. The lowest BCUT2D eigenvalue weighted by atomic mass is 10.0. The lowest BCUT2D eigenvalue weighted by molar-refractivity contribution is -0.147. The zero-order valence-electron chi connectivity index (χ0n) is 11.9. The molecule has 0 saturated carbocycles. The van der Waals surface area contributed by atoms with Crippen LogP contribution < -0.4 is 0 Å². The molecule has 2 aromatic rings. The SMILES string of the molecule is COC(=O)C1CCCCN1C(=O)c1ccn2cncc2c1. The average Bonchev–Trinajstić information content (AvgIpc) is 3.01. The summed E-state index contributed by atoms with van der Waals surface area (Å²) in [6.07, 6.45) is 7.69. The first kappa shape index (κ1) is 13.6. The summed E-state index contributed by atoms with van der Waals surface area (Å²) in [6.45, 7) is 0.586. The number of likely N-dealkylation sites (tertiary alicyclic amines) is 1. The Morgan fingerprint density at radius 1 is 1.38 bits per heavy atom. The summed E-state index contributed by atoms with van der Waals surface area (Å²) in [4.78, 5) is 30.2. The van der Waals surface area contributed by atoms with Gasteiger partial charge in [-0.2, -0.15) is 0 Å². The maximum atomic E-state index is 12.7. The molecule has 1 amide bonds. The molecule has 2 aromatic heterocycles. The van der Waals surface area contributed by atoms with Gasteiger partial charge in [0.25, 0.3) is 5.91 Å². The molecule has 6 heteroatoms. The molecule has 0 aromatic carbocycles. The number of piperidine rings is 1. The number of ether oxygens (including phenoxy) is 1. The highest BCUT2D eigenvalue weighted by molar-refractivity contribution is 5.97. The van der Waals surface area contributed by atoms with E-state index in [2.05, 4.69) is 4.98 Å². The van der Waals surface area contributed by atoms with E-state index in [1.807, 2.05) is 4.40 Å². The van der Waals surface area contributed by atoms with E-state index < -0.39 is 6.04 Å². The van der Waals surface area contributed by atoms with Gasteiger partial charge in [-0.25, -0.2) is 9.78 Å². The molecule has 0 N–H and O–H groups in total. The molecule has 1 atom stereocenters. The van der Waals surface area contributed by atoms with Crippen LogP contribution in [-0.4, -0.2) is 45.9 Å². The molecule has 1 unspecified atom stereocenters. The topological polar surface area (TPSA) is 63.9 Å². The molecular formula is C15H17N3O3. The first-order valence-electron chi connectivity index (χ1n) is 7.01. The number of carbonyl (C=O) groups excluding carboxylic acids is 2.